The van der Waals surface area contributed by atoms with E-state index in [0.29, 0.717) is 0 Å². The quantitative estimate of drug-likeness (QED) is 0.516. The Hall–Kier alpha value is -1.36. The highest BCUT2D eigenvalue weighted by atomic mass is 35.5. The van der Waals surface area contributed by atoms with Gasteiger partial charge >= 0.3 is 0 Å². The Balaban J connectivity index is 0.00000220. The molecule has 1 aliphatic rings. The molecule has 0 unspecified atom stereocenters. The highest BCUT2D eigenvalue weighted by Crippen LogP contribution is 2.00. The van der Waals surface area contributed by atoms with Crippen molar-refractivity contribution in [2.75, 3.05) is 39.4 Å². The van der Waals surface area contributed by atoms with Gasteiger partial charge in [-0.25, -0.2) is 0 Å². The van der Waals surface area contributed by atoms with Gasteiger partial charge in [0.15, 0.2) is 0 Å². The van der Waals surface area contributed by atoms with E-state index in [1.54, 1.807) is 6.08 Å². The van der Waals surface area contributed by atoms with Crippen LogP contribution < -0.4 is 17.7 Å². The molecular formula is C16H22ClN2O2-. The van der Waals surface area contributed by atoms with Crippen molar-refractivity contribution < 1.29 is 21.9 Å². The fourth-order valence-electron chi connectivity index (χ4n) is 2.13. The van der Waals surface area contributed by atoms with Crippen molar-refractivity contribution in [3.05, 3.63) is 42.0 Å². The van der Waals surface area contributed by atoms with E-state index in [4.69, 9.17) is 4.74 Å². The zero-order valence-corrected chi connectivity index (χ0v) is 12.9. The minimum Gasteiger partial charge on any atom is -1.00 e. The maximum Gasteiger partial charge on any atom is 0.243 e. The summed E-state index contributed by atoms with van der Waals surface area (Å²) in [4.78, 5) is 14.0. The minimum atomic E-state index is -0.0316. The van der Waals surface area contributed by atoms with E-state index in [9.17, 15) is 4.79 Å². The van der Waals surface area contributed by atoms with Crippen molar-refractivity contribution in [2.45, 2.75) is 6.42 Å². The number of rotatable bonds is 6. The van der Waals surface area contributed by atoms with E-state index in [1.807, 2.05) is 36.4 Å². The fourth-order valence-corrected chi connectivity index (χ4v) is 2.13. The first kappa shape index (κ1) is 17.7. The molecule has 1 amide bonds. The number of halogens is 1. The number of carbonyl (C=O) groups is 1. The maximum absolute atomic E-state index is 11.6. The lowest BCUT2D eigenvalue weighted by atomic mass is 10.2. The molecule has 21 heavy (non-hydrogen) atoms. The first-order valence-corrected chi connectivity index (χ1v) is 7.16. The number of nitrogens with zero attached hydrogens (tertiary/aromatic N) is 1. The van der Waals surface area contributed by atoms with Gasteiger partial charge in [-0.1, -0.05) is 30.3 Å². The van der Waals surface area contributed by atoms with Crippen LogP contribution >= 0.6 is 0 Å². The molecule has 116 valence electrons. The van der Waals surface area contributed by atoms with Crippen molar-refractivity contribution >= 4 is 12.0 Å². The third kappa shape index (κ3) is 7.27. The van der Waals surface area contributed by atoms with Crippen LogP contribution in [0.1, 0.15) is 12.0 Å². The number of nitrogens with one attached hydrogen (secondary N) is 1. The molecule has 1 aliphatic heterocycles. The summed E-state index contributed by atoms with van der Waals surface area (Å²) in [5.74, 6) is -0.0316. The standard InChI is InChI=1S/C16H22N2O2.ClH/c19-16(8-7-15-5-2-1-3-6-15)17-9-4-10-18-11-13-20-14-12-18;/h1-3,5-8H,4,9-14H2,(H,17,19);1H/p-1/b8-7+;. The van der Waals surface area contributed by atoms with Crippen LogP contribution in [0.25, 0.3) is 6.08 Å². The summed E-state index contributed by atoms with van der Waals surface area (Å²) in [6.07, 6.45) is 4.40. The lowest BCUT2D eigenvalue weighted by molar-refractivity contribution is -0.116. The first-order valence-electron chi connectivity index (χ1n) is 7.16. The van der Waals surface area contributed by atoms with E-state index in [0.717, 1.165) is 51.4 Å². The SMILES string of the molecule is O=C(/C=C/c1ccccc1)NCCCN1CCOCC1.[Cl-]. The molecule has 0 aromatic heterocycles. The summed E-state index contributed by atoms with van der Waals surface area (Å²) in [7, 11) is 0. The number of benzene rings is 1. The summed E-state index contributed by atoms with van der Waals surface area (Å²) >= 11 is 0. The highest BCUT2D eigenvalue weighted by Gasteiger charge is 2.09. The number of amides is 1. The van der Waals surface area contributed by atoms with Gasteiger partial charge in [0.1, 0.15) is 0 Å². The molecule has 0 atom stereocenters. The average molecular weight is 310 g/mol. The molecule has 1 heterocycles. The molecular weight excluding hydrogens is 288 g/mol. The van der Waals surface area contributed by atoms with Gasteiger partial charge in [0, 0.05) is 25.7 Å². The van der Waals surface area contributed by atoms with Gasteiger partial charge in [-0.15, -0.1) is 0 Å². The molecule has 0 aliphatic carbocycles. The summed E-state index contributed by atoms with van der Waals surface area (Å²) in [5, 5.41) is 2.91. The Morgan fingerprint density at radius 2 is 1.95 bits per heavy atom. The second kappa shape index (κ2) is 10.4. The Morgan fingerprint density at radius 3 is 2.67 bits per heavy atom. The third-order valence-corrected chi connectivity index (χ3v) is 3.28. The predicted molar refractivity (Wildman–Crippen MR) is 80.4 cm³/mol. The average Bonchev–Trinajstić information content (AvgIpc) is 2.52. The topological polar surface area (TPSA) is 41.6 Å². The molecule has 0 spiro atoms. The molecule has 1 aromatic carbocycles. The monoisotopic (exact) mass is 309 g/mol. The molecule has 4 nitrogen and oxygen atoms in total. The molecule has 1 aromatic rings. The fraction of sp³-hybridized carbons (Fsp3) is 0.438. The Morgan fingerprint density at radius 1 is 1.24 bits per heavy atom. The van der Waals surface area contributed by atoms with E-state index in [2.05, 4.69) is 10.2 Å². The smallest absolute Gasteiger partial charge is 0.243 e. The second-order valence-electron chi connectivity index (χ2n) is 4.84. The summed E-state index contributed by atoms with van der Waals surface area (Å²) in [5.41, 5.74) is 1.04. The number of hydrogen-bond acceptors (Lipinski definition) is 3. The number of carbonyl (C=O) groups excluding carboxylic acids is 1. The van der Waals surface area contributed by atoms with Crippen LogP contribution in [0.15, 0.2) is 36.4 Å². The van der Waals surface area contributed by atoms with Gasteiger partial charge in [0.25, 0.3) is 0 Å². The van der Waals surface area contributed by atoms with Gasteiger partial charge in [-0.05, 0) is 24.6 Å². The van der Waals surface area contributed by atoms with Crippen molar-refractivity contribution in [3.8, 4) is 0 Å². The predicted octanol–water partition coefficient (Wildman–Crippen LogP) is -1.46. The summed E-state index contributed by atoms with van der Waals surface area (Å²) in [6, 6.07) is 9.83. The molecule has 0 radical (unpaired) electrons. The zero-order chi connectivity index (χ0) is 14.0. The van der Waals surface area contributed by atoms with Crippen molar-refractivity contribution in [1.82, 2.24) is 10.2 Å². The number of ether oxygens (including phenoxy) is 1. The summed E-state index contributed by atoms with van der Waals surface area (Å²) in [6.45, 7) is 5.39. The number of morpholine rings is 1. The molecule has 1 fully saturated rings. The van der Waals surface area contributed by atoms with E-state index in [1.165, 1.54) is 0 Å². The van der Waals surface area contributed by atoms with Crippen LogP contribution in [0.4, 0.5) is 0 Å². The normalized spacial score (nSPS) is 15.6. The third-order valence-electron chi connectivity index (χ3n) is 3.28. The van der Waals surface area contributed by atoms with Gasteiger partial charge < -0.3 is 22.5 Å². The molecule has 2 rings (SSSR count). The molecule has 1 N–H and O–H groups in total. The molecule has 0 bridgehead atoms. The van der Waals surface area contributed by atoms with Crippen LogP contribution in [0, 0.1) is 0 Å². The lowest BCUT2D eigenvalue weighted by Gasteiger charge is -2.26. The zero-order valence-electron chi connectivity index (χ0n) is 12.1. The lowest BCUT2D eigenvalue weighted by Crippen LogP contribution is -3.00. The Bertz CT molecular complexity index is 431. The van der Waals surface area contributed by atoms with Crippen molar-refractivity contribution in [1.29, 1.82) is 0 Å². The van der Waals surface area contributed by atoms with Gasteiger partial charge in [-0.3, -0.25) is 9.69 Å². The largest absolute Gasteiger partial charge is 1.00 e. The minimum absolute atomic E-state index is 0. The summed E-state index contributed by atoms with van der Waals surface area (Å²) < 4.78 is 5.30. The van der Waals surface area contributed by atoms with Gasteiger partial charge in [0.05, 0.1) is 13.2 Å². The van der Waals surface area contributed by atoms with Crippen LogP contribution in [-0.2, 0) is 9.53 Å². The van der Waals surface area contributed by atoms with Crippen molar-refractivity contribution in [2.24, 2.45) is 0 Å². The molecule has 5 heteroatoms. The molecule has 0 saturated carbocycles. The van der Waals surface area contributed by atoms with E-state index >= 15 is 0 Å². The van der Waals surface area contributed by atoms with Gasteiger partial charge in [-0.2, -0.15) is 0 Å². The van der Waals surface area contributed by atoms with E-state index < -0.39 is 0 Å². The first-order chi connectivity index (χ1) is 9.84. The highest BCUT2D eigenvalue weighted by molar-refractivity contribution is 5.91. The number of hydrogen-bond donors (Lipinski definition) is 1. The van der Waals surface area contributed by atoms with Crippen molar-refractivity contribution in [3.63, 3.8) is 0 Å². The maximum atomic E-state index is 11.6. The van der Waals surface area contributed by atoms with Crippen LogP contribution in [0.2, 0.25) is 0 Å². The van der Waals surface area contributed by atoms with Crippen LogP contribution in [0.3, 0.4) is 0 Å². The van der Waals surface area contributed by atoms with E-state index in [-0.39, 0.29) is 18.3 Å². The Kier molecular flexibility index (Phi) is 8.74. The second-order valence-corrected chi connectivity index (χ2v) is 4.84. The Labute approximate surface area is 132 Å². The molecule has 1 saturated heterocycles. The van der Waals surface area contributed by atoms with Crippen LogP contribution in [-0.4, -0.2) is 50.2 Å². The van der Waals surface area contributed by atoms with Gasteiger partial charge in [0.2, 0.25) is 5.91 Å². The van der Waals surface area contributed by atoms with Crippen LogP contribution in [0.5, 0.6) is 0 Å².